The third kappa shape index (κ3) is 2.73. The van der Waals surface area contributed by atoms with E-state index < -0.39 is 0 Å². The lowest BCUT2D eigenvalue weighted by Gasteiger charge is -1.97. The van der Waals surface area contributed by atoms with Crippen LogP contribution in [0.4, 0.5) is 4.39 Å². The van der Waals surface area contributed by atoms with Gasteiger partial charge in [-0.2, -0.15) is 5.10 Å². The Bertz CT molecular complexity index is 582. The average molecular weight is 309 g/mol. The summed E-state index contributed by atoms with van der Waals surface area (Å²) < 4.78 is 14.9. The summed E-state index contributed by atoms with van der Waals surface area (Å²) in [6, 6.07) is 5.92. The molecule has 1 aromatic carbocycles. The molecule has 3 nitrogen and oxygen atoms in total. The zero-order chi connectivity index (χ0) is 13.1. The largest absolute Gasteiger partial charge is 0.288 e. The van der Waals surface area contributed by atoms with Gasteiger partial charge in [-0.25, -0.2) is 4.39 Å². The predicted molar refractivity (Wildman–Crippen MR) is 70.7 cm³/mol. The Labute approximate surface area is 112 Å². The first kappa shape index (κ1) is 12.7. The Kier molecular flexibility index (Phi) is 3.72. The molecule has 5 heteroatoms. The van der Waals surface area contributed by atoms with Crippen LogP contribution in [0.1, 0.15) is 16.1 Å². The van der Waals surface area contributed by atoms with Gasteiger partial charge in [-0.05, 0) is 39.7 Å². The maximum absolute atomic E-state index is 12.7. The van der Waals surface area contributed by atoms with Crippen molar-refractivity contribution in [2.24, 2.45) is 7.05 Å². The standard InChI is InChI=1S/C13H10BrFN2O/c1-17-13(11(14)8-16-17)12(18)7-4-9-2-5-10(15)6-3-9/h2-8H,1H3/b7-4+. The molecule has 2 rings (SSSR count). The number of rotatable bonds is 3. The van der Waals surface area contributed by atoms with Crippen molar-refractivity contribution in [2.45, 2.75) is 0 Å². The van der Waals surface area contributed by atoms with Crippen molar-refractivity contribution in [3.8, 4) is 0 Å². The van der Waals surface area contributed by atoms with Gasteiger partial charge in [0, 0.05) is 7.05 Å². The fraction of sp³-hybridized carbons (Fsp3) is 0.0769. The van der Waals surface area contributed by atoms with Crippen molar-refractivity contribution in [1.82, 2.24) is 9.78 Å². The van der Waals surface area contributed by atoms with E-state index in [9.17, 15) is 9.18 Å². The van der Waals surface area contributed by atoms with E-state index in [4.69, 9.17) is 0 Å². The lowest BCUT2D eigenvalue weighted by atomic mass is 10.1. The van der Waals surface area contributed by atoms with Crippen LogP contribution >= 0.6 is 15.9 Å². The van der Waals surface area contributed by atoms with Crippen LogP contribution in [0, 0.1) is 5.82 Å². The molecule has 0 aliphatic carbocycles. The van der Waals surface area contributed by atoms with Crippen LogP contribution in [0.15, 0.2) is 41.0 Å². The van der Waals surface area contributed by atoms with E-state index in [0.717, 1.165) is 5.56 Å². The summed E-state index contributed by atoms with van der Waals surface area (Å²) in [5.41, 5.74) is 1.25. The Morgan fingerprint density at radius 3 is 2.61 bits per heavy atom. The molecule has 0 N–H and O–H groups in total. The lowest BCUT2D eigenvalue weighted by molar-refractivity contribution is 0.103. The van der Waals surface area contributed by atoms with Crippen LogP contribution in [0.3, 0.4) is 0 Å². The molecule has 0 unspecified atom stereocenters. The van der Waals surface area contributed by atoms with Gasteiger partial charge in [0.25, 0.3) is 0 Å². The summed E-state index contributed by atoms with van der Waals surface area (Å²) in [6.45, 7) is 0. The Morgan fingerprint density at radius 1 is 1.39 bits per heavy atom. The van der Waals surface area contributed by atoms with E-state index in [1.54, 1.807) is 31.5 Å². The molecule has 0 saturated heterocycles. The topological polar surface area (TPSA) is 34.9 Å². The minimum absolute atomic E-state index is 0.161. The monoisotopic (exact) mass is 308 g/mol. The van der Waals surface area contributed by atoms with Crippen LogP contribution in [0.5, 0.6) is 0 Å². The second-order valence-corrected chi connectivity index (χ2v) is 4.57. The van der Waals surface area contributed by atoms with E-state index in [-0.39, 0.29) is 11.6 Å². The number of halogens is 2. The number of hydrogen-bond acceptors (Lipinski definition) is 2. The van der Waals surface area contributed by atoms with Crippen molar-refractivity contribution in [3.05, 3.63) is 58.1 Å². The highest BCUT2D eigenvalue weighted by Crippen LogP contribution is 2.16. The van der Waals surface area contributed by atoms with E-state index in [1.807, 2.05) is 0 Å². The van der Waals surface area contributed by atoms with Crippen LogP contribution in [-0.2, 0) is 7.05 Å². The highest BCUT2D eigenvalue weighted by Gasteiger charge is 2.11. The summed E-state index contributed by atoms with van der Waals surface area (Å²) in [4.78, 5) is 11.9. The number of allylic oxidation sites excluding steroid dienone is 1. The Balaban J connectivity index is 2.19. The van der Waals surface area contributed by atoms with Gasteiger partial charge in [0.2, 0.25) is 5.78 Å². The zero-order valence-electron chi connectivity index (χ0n) is 9.60. The summed E-state index contributed by atoms with van der Waals surface area (Å²) >= 11 is 3.27. The number of carbonyl (C=O) groups is 1. The van der Waals surface area contributed by atoms with Gasteiger partial charge >= 0.3 is 0 Å². The van der Waals surface area contributed by atoms with Crippen molar-refractivity contribution >= 4 is 27.8 Å². The van der Waals surface area contributed by atoms with E-state index >= 15 is 0 Å². The van der Waals surface area contributed by atoms with Gasteiger partial charge in [0.1, 0.15) is 11.5 Å². The third-order valence-corrected chi connectivity index (χ3v) is 3.00. The van der Waals surface area contributed by atoms with Gasteiger partial charge in [-0.3, -0.25) is 9.48 Å². The molecule has 0 atom stereocenters. The van der Waals surface area contributed by atoms with Gasteiger partial charge in [-0.1, -0.05) is 18.2 Å². The number of ketones is 1. The minimum Gasteiger partial charge on any atom is -0.288 e. The molecule has 0 aliphatic heterocycles. The molecule has 0 spiro atoms. The van der Waals surface area contributed by atoms with Crippen molar-refractivity contribution in [2.75, 3.05) is 0 Å². The second kappa shape index (κ2) is 5.27. The SMILES string of the molecule is Cn1ncc(Br)c1C(=O)/C=C/c1ccc(F)cc1. The van der Waals surface area contributed by atoms with Crippen molar-refractivity contribution in [3.63, 3.8) is 0 Å². The number of carbonyl (C=O) groups excluding carboxylic acids is 1. The van der Waals surface area contributed by atoms with Gasteiger partial charge in [-0.15, -0.1) is 0 Å². The van der Waals surface area contributed by atoms with Crippen molar-refractivity contribution in [1.29, 1.82) is 0 Å². The molecule has 1 heterocycles. The van der Waals surface area contributed by atoms with Gasteiger partial charge < -0.3 is 0 Å². The molecule has 0 amide bonds. The fourth-order valence-electron chi connectivity index (χ4n) is 1.51. The number of nitrogens with zero attached hydrogens (tertiary/aromatic N) is 2. The maximum Gasteiger partial charge on any atom is 0.205 e. The summed E-state index contributed by atoms with van der Waals surface area (Å²) in [5, 5.41) is 3.97. The minimum atomic E-state index is -0.298. The molecule has 0 saturated carbocycles. The summed E-state index contributed by atoms with van der Waals surface area (Å²) in [5.74, 6) is -0.459. The predicted octanol–water partition coefficient (Wildman–Crippen LogP) is 3.22. The second-order valence-electron chi connectivity index (χ2n) is 3.71. The van der Waals surface area contributed by atoms with E-state index in [2.05, 4.69) is 21.0 Å². The zero-order valence-corrected chi connectivity index (χ0v) is 11.2. The van der Waals surface area contributed by atoms with Crippen molar-refractivity contribution < 1.29 is 9.18 Å². The quantitative estimate of drug-likeness (QED) is 0.644. The Morgan fingerprint density at radius 2 is 2.06 bits per heavy atom. The van der Waals surface area contributed by atoms with Crippen LogP contribution < -0.4 is 0 Å². The first-order valence-electron chi connectivity index (χ1n) is 5.23. The highest BCUT2D eigenvalue weighted by molar-refractivity contribution is 9.10. The maximum atomic E-state index is 12.7. The Hall–Kier alpha value is -1.75. The number of benzene rings is 1. The molecule has 1 aromatic heterocycles. The van der Waals surface area contributed by atoms with Crippen LogP contribution in [0.25, 0.3) is 6.08 Å². The smallest absolute Gasteiger partial charge is 0.205 e. The fourth-order valence-corrected chi connectivity index (χ4v) is 2.06. The molecule has 92 valence electrons. The molecule has 0 bridgehead atoms. The highest BCUT2D eigenvalue weighted by atomic mass is 79.9. The first-order valence-corrected chi connectivity index (χ1v) is 6.02. The van der Waals surface area contributed by atoms with Gasteiger partial charge in [0.05, 0.1) is 10.7 Å². The average Bonchev–Trinajstić information content (AvgIpc) is 2.68. The molecule has 0 fully saturated rings. The number of aromatic nitrogens is 2. The number of hydrogen-bond donors (Lipinski definition) is 0. The molecule has 0 radical (unpaired) electrons. The number of aryl methyl sites for hydroxylation is 1. The first-order chi connectivity index (χ1) is 8.58. The summed E-state index contributed by atoms with van der Waals surface area (Å²) in [7, 11) is 1.70. The lowest BCUT2D eigenvalue weighted by Crippen LogP contribution is -2.04. The molecular weight excluding hydrogens is 299 g/mol. The summed E-state index contributed by atoms with van der Waals surface area (Å²) in [6.07, 6.45) is 4.65. The molecule has 2 aromatic rings. The van der Waals surface area contributed by atoms with E-state index in [0.29, 0.717) is 10.2 Å². The van der Waals surface area contributed by atoms with Crippen LogP contribution in [0.2, 0.25) is 0 Å². The van der Waals surface area contributed by atoms with Crippen LogP contribution in [-0.4, -0.2) is 15.6 Å². The van der Waals surface area contributed by atoms with Gasteiger partial charge in [0.15, 0.2) is 0 Å². The normalized spacial score (nSPS) is 11.1. The molecule has 0 aliphatic rings. The molecular formula is C13H10BrFN2O. The third-order valence-electron chi connectivity index (χ3n) is 2.42. The molecule has 18 heavy (non-hydrogen) atoms. The van der Waals surface area contributed by atoms with E-state index in [1.165, 1.54) is 22.9 Å².